The predicted molar refractivity (Wildman–Crippen MR) is 109 cm³/mol. The van der Waals surface area contributed by atoms with E-state index in [-0.39, 0.29) is 18.4 Å². The van der Waals surface area contributed by atoms with Crippen molar-refractivity contribution < 1.29 is 9.53 Å². The Morgan fingerprint density at radius 3 is 2.78 bits per heavy atom. The van der Waals surface area contributed by atoms with Gasteiger partial charge in [0.2, 0.25) is 5.91 Å². The van der Waals surface area contributed by atoms with Gasteiger partial charge in [-0.15, -0.1) is 11.3 Å². The zero-order chi connectivity index (χ0) is 19.2. The molecule has 0 aliphatic heterocycles. The van der Waals surface area contributed by atoms with E-state index in [0.717, 1.165) is 32.6 Å². The molecule has 1 atom stereocenters. The van der Waals surface area contributed by atoms with Gasteiger partial charge in [-0.25, -0.2) is 4.98 Å². The minimum atomic E-state index is -0.0440. The summed E-state index contributed by atoms with van der Waals surface area (Å²) in [5, 5.41) is 6.46. The summed E-state index contributed by atoms with van der Waals surface area (Å²) in [6.07, 6.45) is 0.258. The van der Waals surface area contributed by atoms with Crippen LogP contribution in [0.1, 0.15) is 34.8 Å². The molecule has 3 aromatic rings. The van der Waals surface area contributed by atoms with E-state index in [2.05, 4.69) is 10.3 Å². The quantitative estimate of drug-likeness (QED) is 0.600. The molecule has 6 heteroatoms. The fourth-order valence-corrected chi connectivity index (χ4v) is 3.45. The fraction of sp³-hybridized carbons (Fsp3) is 0.238. The second kappa shape index (κ2) is 9.02. The highest BCUT2D eigenvalue weighted by Gasteiger charge is 2.12. The third-order valence-corrected chi connectivity index (χ3v) is 5.40. The molecule has 0 aliphatic carbocycles. The van der Waals surface area contributed by atoms with E-state index >= 15 is 0 Å². The Labute approximate surface area is 168 Å². The minimum absolute atomic E-state index is 0.0340. The Kier molecular flexibility index (Phi) is 6.48. The molecule has 0 spiro atoms. The summed E-state index contributed by atoms with van der Waals surface area (Å²) in [4.78, 5) is 16.8. The molecule has 0 fully saturated rings. The second-order valence-corrected chi connectivity index (χ2v) is 7.66. The highest BCUT2D eigenvalue weighted by Crippen LogP contribution is 2.22. The van der Waals surface area contributed by atoms with Gasteiger partial charge in [-0.3, -0.25) is 4.79 Å². The van der Waals surface area contributed by atoms with Crippen molar-refractivity contribution >= 4 is 28.8 Å². The molecule has 2 aromatic carbocycles. The zero-order valence-electron chi connectivity index (χ0n) is 15.2. The zero-order valence-corrected chi connectivity index (χ0v) is 16.8. The molecule has 0 aliphatic rings. The Morgan fingerprint density at radius 2 is 2.04 bits per heavy atom. The molecule has 1 N–H and O–H groups in total. The van der Waals surface area contributed by atoms with Crippen molar-refractivity contribution in [1.82, 2.24) is 10.3 Å². The lowest BCUT2D eigenvalue weighted by Gasteiger charge is -2.13. The number of benzene rings is 2. The highest BCUT2D eigenvalue weighted by molar-refractivity contribution is 7.09. The van der Waals surface area contributed by atoms with Crippen molar-refractivity contribution in [3.05, 3.63) is 80.8 Å². The van der Waals surface area contributed by atoms with E-state index in [4.69, 9.17) is 16.3 Å². The van der Waals surface area contributed by atoms with Crippen molar-refractivity contribution in [2.75, 3.05) is 0 Å². The maximum atomic E-state index is 12.3. The molecule has 140 valence electrons. The maximum absolute atomic E-state index is 12.3. The lowest BCUT2D eigenvalue weighted by Crippen LogP contribution is -2.28. The minimum Gasteiger partial charge on any atom is -0.486 e. The number of ether oxygens (including phenoxy) is 1. The smallest absolute Gasteiger partial charge is 0.226 e. The van der Waals surface area contributed by atoms with Crippen LogP contribution in [0.15, 0.2) is 53.9 Å². The molecule has 4 nitrogen and oxygen atoms in total. The van der Waals surface area contributed by atoms with Crippen LogP contribution in [-0.4, -0.2) is 10.9 Å². The lowest BCUT2D eigenvalue weighted by atomic mass is 10.1. The first-order valence-electron chi connectivity index (χ1n) is 8.68. The van der Waals surface area contributed by atoms with Crippen LogP contribution in [0, 0.1) is 6.92 Å². The van der Waals surface area contributed by atoms with Crippen molar-refractivity contribution in [3.8, 4) is 5.75 Å². The van der Waals surface area contributed by atoms with Gasteiger partial charge < -0.3 is 10.1 Å². The summed E-state index contributed by atoms with van der Waals surface area (Å²) >= 11 is 7.51. The van der Waals surface area contributed by atoms with Crippen molar-refractivity contribution in [3.63, 3.8) is 0 Å². The number of aryl methyl sites for hydroxylation is 1. The molecule has 0 saturated heterocycles. The van der Waals surface area contributed by atoms with Crippen LogP contribution in [0.25, 0.3) is 0 Å². The molecule has 0 bridgehead atoms. The van der Waals surface area contributed by atoms with Gasteiger partial charge in [0, 0.05) is 10.4 Å². The van der Waals surface area contributed by atoms with E-state index in [9.17, 15) is 4.79 Å². The molecule has 1 amide bonds. The summed E-state index contributed by atoms with van der Waals surface area (Å²) in [6, 6.07) is 15.4. The number of carbonyl (C=O) groups is 1. The molecule has 27 heavy (non-hydrogen) atoms. The number of nitrogens with zero attached hydrogens (tertiary/aromatic N) is 1. The summed E-state index contributed by atoms with van der Waals surface area (Å²) < 4.78 is 5.76. The summed E-state index contributed by atoms with van der Waals surface area (Å²) in [5.74, 6) is 0.709. The maximum Gasteiger partial charge on any atom is 0.226 e. The van der Waals surface area contributed by atoms with Crippen molar-refractivity contribution in [2.24, 2.45) is 0 Å². The topological polar surface area (TPSA) is 51.2 Å². The predicted octanol–water partition coefficient (Wildman–Crippen LogP) is 5.10. The van der Waals surface area contributed by atoms with Gasteiger partial charge in [-0.2, -0.15) is 0 Å². The Bertz CT molecular complexity index is 912. The van der Waals surface area contributed by atoms with Crippen molar-refractivity contribution in [2.45, 2.75) is 32.9 Å². The summed E-state index contributed by atoms with van der Waals surface area (Å²) in [7, 11) is 0. The molecule has 0 unspecified atom stereocenters. The number of thiazole rings is 1. The van der Waals surface area contributed by atoms with Crippen LogP contribution in [0.2, 0.25) is 5.02 Å². The van der Waals surface area contributed by atoms with Crippen LogP contribution in [0.4, 0.5) is 0 Å². The Balaban J connectivity index is 1.51. The van der Waals surface area contributed by atoms with Gasteiger partial charge in [0.1, 0.15) is 17.4 Å². The molecule has 3 rings (SSSR count). The van der Waals surface area contributed by atoms with Gasteiger partial charge >= 0.3 is 0 Å². The Hall–Kier alpha value is -2.37. The number of rotatable bonds is 7. The number of carbonyl (C=O) groups excluding carboxylic acids is 1. The average molecular weight is 401 g/mol. The summed E-state index contributed by atoms with van der Waals surface area (Å²) in [6.45, 7) is 4.28. The number of aromatic nitrogens is 1. The SMILES string of the molecule is Cc1cc(OCc2nc(CC(=O)N[C@H](C)c3ccccc3)cs2)ccc1Cl. The van der Waals surface area contributed by atoms with Gasteiger partial charge in [0.25, 0.3) is 0 Å². The molecule has 0 radical (unpaired) electrons. The number of nitrogens with one attached hydrogen (secondary N) is 1. The van der Waals surface area contributed by atoms with Crippen LogP contribution in [-0.2, 0) is 17.8 Å². The highest BCUT2D eigenvalue weighted by atomic mass is 35.5. The number of hydrogen-bond acceptors (Lipinski definition) is 4. The molecular formula is C21H21ClN2O2S. The number of halogens is 1. The standard InChI is InChI=1S/C21H21ClN2O2S/c1-14-10-18(8-9-19(14)22)26-12-21-24-17(13-27-21)11-20(25)23-15(2)16-6-4-3-5-7-16/h3-10,13,15H,11-12H2,1-2H3,(H,23,25)/t15-/m1/s1. The van der Waals surface area contributed by atoms with E-state index in [1.165, 1.54) is 11.3 Å². The first-order valence-corrected chi connectivity index (χ1v) is 9.93. The second-order valence-electron chi connectivity index (χ2n) is 6.31. The molecule has 0 saturated carbocycles. The molecular weight excluding hydrogens is 380 g/mol. The van der Waals surface area contributed by atoms with E-state index in [1.807, 2.05) is 67.8 Å². The van der Waals surface area contributed by atoms with Gasteiger partial charge in [0.05, 0.1) is 18.2 Å². The van der Waals surface area contributed by atoms with Crippen molar-refractivity contribution in [1.29, 1.82) is 0 Å². The third-order valence-electron chi connectivity index (χ3n) is 4.11. The Morgan fingerprint density at radius 1 is 1.26 bits per heavy atom. The van der Waals surface area contributed by atoms with Gasteiger partial charge in [0.15, 0.2) is 0 Å². The van der Waals surface area contributed by atoms with Crippen LogP contribution < -0.4 is 10.1 Å². The van der Waals surface area contributed by atoms with E-state index in [0.29, 0.717) is 6.61 Å². The lowest BCUT2D eigenvalue weighted by molar-refractivity contribution is -0.121. The first-order chi connectivity index (χ1) is 13.0. The average Bonchev–Trinajstić information content (AvgIpc) is 3.10. The largest absolute Gasteiger partial charge is 0.486 e. The van der Waals surface area contributed by atoms with E-state index < -0.39 is 0 Å². The van der Waals surface area contributed by atoms with E-state index in [1.54, 1.807) is 0 Å². The van der Waals surface area contributed by atoms with Crippen LogP contribution in [0.3, 0.4) is 0 Å². The van der Waals surface area contributed by atoms with Gasteiger partial charge in [-0.05, 0) is 43.2 Å². The first kappa shape index (κ1) is 19.4. The molecule has 1 heterocycles. The van der Waals surface area contributed by atoms with Gasteiger partial charge in [-0.1, -0.05) is 41.9 Å². The number of amides is 1. The monoisotopic (exact) mass is 400 g/mol. The molecule has 1 aromatic heterocycles. The normalized spacial score (nSPS) is 11.8. The summed E-state index contributed by atoms with van der Waals surface area (Å²) in [5.41, 5.74) is 2.80. The van der Waals surface area contributed by atoms with Crippen LogP contribution >= 0.6 is 22.9 Å². The fourth-order valence-electron chi connectivity index (χ4n) is 2.63. The number of hydrogen-bond donors (Lipinski definition) is 1. The van der Waals surface area contributed by atoms with Crippen LogP contribution in [0.5, 0.6) is 5.75 Å². The third kappa shape index (κ3) is 5.55.